The van der Waals surface area contributed by atoms with Gasteiger partial charge in [0.15, 0.2) is 11.2 Å². The molecule has 0 amide bonds. The lowest BCUT2D eigenvalue weighted by Crippen LogP contribution is -2.50. The number of piperazine rings is 1. The molecule has 2 aromatic heterocycles. The lowest BCUT2D eigenvalue weighted by atomic mass is 9.97. The van der Waals surface area contributed by atoms with Crippen LogP contribution in [0.4, 0.5) is 5.95 Å². The fourth-order valence-electron chi connectivity index (χ4n) is 5.40. The molecule has 0 bridgehead atoms. The van der Waals surface area contributed by atoms with Crippen molar-refractivity contribution in [1.82, 2.24) is 28.9 Å². The van der Waals surface area contributed by atoms with Gasteiger partial charge < -0.3 is 19.9 Å². The second kappa shape index (κ2) is 12.2. The van der Waals surface area contributed by atoms with Gasteiger partial charge in [0.25, 0.3) is 5.56 Å². The number of anilines is 1. The minimum absolute atomic E-state index is 0.0509. The summed E-state index contributed by atoms with van der Waals surface area (Å²) in [6, 6.07) is 0.199. The van der Waals surface area contributed by atoms with E-state index < -0.39 is 0 Å². The van der Waals surface area contributed by atoms with Crippen LogP contribution >= 0.6 is 0 Å². The molecule has 1 unspecified atom stereocenters. The van der Waals surface area contributed by atoms with Crippen LogP contribution in [0.25, 0.3) is 11.2 Å². The van der Waals surface area contributed by atoms with Gasteiger partial charge in [0.2, 0.25) is 5.95 Å². The number of likely N-dealkylation sites (tertiary alicyclic amines) is 1. The summed E-state index contributed by atoms with van der Waals surface area (Å²) in [4.78, 5) is 48.4. The molecule has 1 atom stereocenters. The number of nitrogens with one attached hydrogen (secondary N) is 1. The van der Waals surface area contributed by atoms with Gasteiger partial charge in [-0.3, -0.25) is 23.3 Å². The lowest BCUT2D eigenvalue weighted by Gasteiger charge is -2.34. The first-order valence-electron chi connectivity index (χ1n) is 13.7. The van der Waals surface area contributed by atoms with Gasteiger partial charge in [0, 0.05) is 39.3 Å². The molecule has 0 spiro atoms. The molecule has 2 aliphatic rings. The Morgan fingerprint density at radius 1 is 1.16 bits per heavy atom. The summed E-state index contributed by atoms with van der Waals surface area (Å²) in [7, 11) is 1.68. The average Bonchev–Trinajstić information content (AvgIpc) is 3.27. The zero-order valence-corrected chi connectivity index (χ0v) is 23.3. The summed E-state index contributed by atoms with van der Waals surface area (Å²) in [5.41, 5.74) is 0.131. The van der Waals surface area contributed by atoms with Gasteiger partial charge in [0.1, 0.15) is 0 Å². The molecule has 4 rings (SSSR count). The van der Waals surface area contributed by atoms with Crippen LogP contribution in [0, 0.1) is 17.8 Å². The average molecular weight is 528 g/mol. The normalized spacial score (nSPS) is 19.1. The number of nitrogens with zero attached hydrogens (tertiary/aromatic N) is 6. The van der Waals surface area contributed by atoms with Crippen LogP contribution in [0.15, 0.2) is 9.59 Å². The molecule has 1 N–H and O–H groups in total. The molecule has 0 aromatic carbocycles. The summed E-state index contributed by atoms with van der Waals surface area (Å²) in [5, 5.41) is 3.38. The van der Waals surface area contributed by atoms with E-state index in [1.807, 2.05) is 18.4 Å². The van der Waals surface area contributed by atoms with E-state index >= 15 is 0 Å². The number of hydrogen-bond acceptors (Lipinski definition) is 8. The van der Waals surface area contributed by atoms with Crippen molar-refractivity contribution < 1.29 is 9.53 Å². The maximum atomic E-state index is 13.7. The largest absolute Gasteiger partial charge is 0.463 e. The summed E-state index contributed by atoms with van der Waals surface area (Å²) in [5.74, 6) is 6.52. The van der Waals surface area contributed by atoms with E-state index in [1.54, 1.807) is 14.0 Å². The van der Waals surface area contributed by atoms with Gasteiger partial charge >= 0.3 is 11.7 Å². The van der Waals surface area contributed by atoms with E-state index in [2.05, 4.69) is 33.9 Å². The van der Waals surface area contributed by atoms with E-state index in [0.29, 0.717) is 36.6 Å². The van der Waals surface area contributed by atoms with Crippen molar-refractivity contribution in [2.75, 3.05) is 44.2 Å². The molecule has 0 radical (unpaired) electrons. The Balaban J connectivity index is 1.53. The Morgan fingerprint density at radius 2 is 1.89 bits per heavy atom. The Hall–Kier alpha value is -3.10. The molecule has 38 heavy (non-hydrogen) atoms. The molecule has 4 heterocycles. The van der Waals surface area contributed by atoms with Crippen molar-refractivity contribution in [2.24, 2.45) is 13.0 Å². The highest BCUT2D eigenvalue weighted by atomic mass is 16.5. The maximum absolute atomic E-state index is 13.7. The van der Waals surface area contributed by atoms with E-state index in [0.717, 1.165) is 52.1 Å². The van der Waals surface area contributed by atoms with E-state index in [-0.39, 0.29) is 35.3 Å². The number of piperidine rings is 1. The molecular formula is C27H41N7O4. The number of aryl methyl sites for hydroxylation is 1. The third kappa shape index (κ3) is 5.81. The number of carbonyl (C=O) groups excluding carboxylic acids is 1. The Labute approximate surface area is 223 Å². The highest BCUT2D eigenvalue weighted by Crippen LogP contribution is 2.23. The SMILES string of the molecule is CC#CCn1c(N2CCNCC2C)nc2c1c(=O)n(CCCN1CCC(C(=O)OC(C)C)CC1)c(=O)n2C. The second-order valence-corrected chi connectivity index (χ2v) is 10.6. The molecule has 2 fully saturated rings. The summed E-state index contributed by atoms with van der Waals surface area (Å²) >= 11 is 0. The van der Waals surface area contributed by atoms with Gasteiger partial charge in [-0.1, -0.05) is 5.92 Å². The highest BCUT2D eigenvalue weighted by molar-refractivity contribution is 5.75. The first-order valence-corrected chi connectivity index (χ1v) is 13.7. The number of rotatable bonds is 8. The molecule has 0 saturated carbocycles. The first kappa shape index (κ1) is 27.9. The fourth-order valence-corrected chi connectivity index (χ4v) is 5.40. The Morgan fingerprint density at radius 3 is 2.55 bits per heavy atom. The number of carbonyl (C=O) groups is 1. The van der Waals surface area contributed by atoms with Crippen molar-refractivity contribution in [1.29, 1.82) is 0 Å². The number of esters is 1. The van der Waals surface area contributed by atoms with Crippen LogP contribution in [0.5, 0.6) is 0 Å². The molecule has 2 saturated heterocycles. The fraction of sp³-hybridized carbons (Fsp3) is 0.704. The minimum Gasteiger partial charge on any atom is -0.463 e. The van der Waals surface area contributed by atoms with Crippen molar-refractivity contribution >= 4 is 23.1 Å². The molecule has 208 valence electrons. The molecule has 0 aliphatic carbocycles. The van der Waals surface area contributed by atoms with Crippen LogP contribution in [0.3, 0.4) is 0 Å². The van der Waals surface area contributed by atoms with Crippen LogP contribution in [-0.4, -0.2) is 81.0 Å². The zero-order valence-electron chi connectivity index (χ0n) is 23.3. The van der Waals surface area contributed by atoms with Gasteiger partial charge in [-0.05, 0) is 66.6 Å². The van der Waals surface area contributed by atoms with Gasteiger partial charge in [-0.25, -0.2) is 4.79 Å². The number of hydrogen-bond donors (Lipinski definition) is 1. The van der Waals surface area contributed by atoms with Crippen molar-refractivity contribution in [3.05, 3.63) is 20.8 Å². The van der Waals surface area contributed by atoms with Crippen LogP contribution in [-0.2, 0) is 29.7 Å². The smallest absolute Gasteiger partial charge is 0.332 e. The maximum Gasteiger partial charge on any atom is 0.332 e. The van der Waals surface area contributed by atoms with Gasteiger partial charge in [0.05, 0.1) is 18.6 Å². The van der Waals surface area contributed by atoms with Crippen LogP contribution in [0.1, 0.15) is 47.0 Å². The zero-order chi connectivity index (χ0) is 27.4. The standard InChI is InChI=1S/C27H41N7O4/c1-6-7-13-33-22-23(29-26(33)32-17-11-28-18-20(32)4)30(5)27(37)34(24(22)35)14-8-12-31-15-9-21(10-16-31)25(36)38-19(2)3/h19-21,28H,8-18H2,1-5H3. The van der Waals surface area contributed by atoms with Crippen molar-refractivity contribution in [3.63, 3.8) is 0 Å². The van der Waals surface area contributed by atoms with Crippen LogP contribution in [0.2, 0.25) is 0 Å². The number of aromatic nitrogens is 4. The van der Waals surface area contributed by atoms with E-state index in [4.69, 9.17) is 9.72 Å². The summed E-state index contributed by atoms with van der Waals surface area (Å²) < 4.78 is 10.0. The number of fused-ring (bicyclic) bond motifs is 1. The second-order valence-electron chi connectivity index (χ2n) is 10.6. The molecule has 2 aromatic rings. The predicted molar refractivity (Wildman–Crippen MR) is 147 cm³/mol. The van der Waals surface area contributed by atoms with Crippen molar-refractivity contribution in [3.8, 4) is 11.8 Å². The quantitative estimate of drug-likeness (QED) is 0.397. The Kier molecular flexibility index (Phi) is 8.95. The van der Waals surface area contributed by atoms with Crippen LogP contribution < -0.4 is 21.5 Å². The molecule has 2 aliphatic heterocycles. The third-order valence-electron chi connectivity index (χ3n) is 7.51. The lowest BCUT2D eigenvalue weighted by molar-refractivity contribution is -0.154. The highest BCUT2D eigenvalue weighted by Gasteiger charge is 2.28. The molecule has 11 heteroatoms. The Bertz CT molecular complexity index is 1320. The van der Waals surface area contributed by atoms with Gasteiger partial charge in [-0.2, -0.15) is 4.98 Å². The third-order valence-corrected chi connectivity index (χ3v) is 7.51. The number of ether oxygens (including phenoxy) is 1. The molecular weight excluding hydrogens is 486 g/mol. The summed E-state index contributed by atoms with van der Waals surface area (Å²) in [6.45, 7) is 13.1. The summed E-state index contributed by atoms with van der Waals surface area (Å²) in [6.07, 6.45) is 2.10. The van der Waals surface area contributed by atoms with E-state index in [9.17, 15) is 14.4 Å². The van der Waals surface area contributed by atoms with Crippen molar-refractivity contribution in [2.45, 2.75) is 72.2 Å². The van der Waals surface area contributed by atoms with Gasteiger partial charge in [-0.15, -0.1) is 5.92 Å². The molecule has 11 nitrogen and oxygen atoms in total. The monoisotopic (exact) mass is 527 g/mol. The van der Waals surface area contributed by atoms with E-state index in [1.165, 1.54) is 9.13 Å². The minimum atomic E-state index is -0.358. The first-order chi connectivity index (χ1) is 18.2. The predicted octanol–water partition coefficient (Wildman–Crippen LogP) is 0.772. The number of imidazole rings is 1. The topological polar surface area (TPSA) is 107 Å².